The maximum absolute atomic E-state index is 12.7. The van der Waals surface area contributed by atoms with Crippen LogP contribution in [0.25, 0.3) is 0 Å². The number of aromatic nitrogens is 9. The third-order valence-corrected chi connectivity index (χ3v) is 14.6. The smallest absolute Gasteiger partial charge is 0.364 e. The van der Waals surface area contributed by atoms with Crippen LogP contribution in [-0.4, -0.2) is 310 Å². The summed E-state index contributed by atoms with van der Waals surface area (Å²) in [7, 11) is 0. The quantitative estimate of drug-likeness (QED) is 0.0269. The lowest BCUT2D eigenvalue weighted by molar-refractivity contribution is -0.315. The Morgan fingerprint density at radius 3 is 0.977 bits per heavy atom. The number of aliphatic hydroxyl groups is 12. The van der Waals surface area contributed by atoms with E-state index in [-0.39, 0.29) is 56.4 Å². The zero-order valence-corrected chi connectivity index (χ0v) is 47.6. The lowest BCUT2D eigenvalue weighted by Crippen LogP contribution is -2.67. The van der Waals surface area contributed by atoms with Crippen LogP contribution < -0.4 is 16.0 Å². The van der Waals surface area contributed by atoms with Crippen LogP contribution >= 0.6 is 0 Å². The largest absolute Gasteiger partial charge is 0.477 e. The predicted octanol–water partition coefficient (Wildman–Crippen LogP) is -10.8. The molecule has 18 atom stereocenters. The highest BCUT2D eigenvalue weighted by Gasteiger charge is 2.59. The highest BCUT2D eigenvalue weighted by atomic mass is 16.7. The molecule has 3 aliphatic rings. The van der Waals surface area contributed by atoms with Crippen LogP contribution in [0.1, 0.15) is 57.1 Å². The minimum Gasteiger partial charge on any atom is -0.477 e. The molecule has 0 spiro atoms. The number of hydrogen-bond acceptors (Lipinski definition) is 31. The van der Waals surface area contributed by atoms with Gasteiger partial charge in [-0.1, -0.05) is 15.6 Å². The summed E-state index contributed by atoms with van der Waals surface area (Å²) in [5.41, 5.74) is 0.114. The molecule has 0 radical (unpaired) electrons. The molecule has 40 heteroatoms. The Morgan fingerprint density at radius 1 is 0.511 bits per heavy atom. The van der Waals surface area contributed by atoms with Gasteiger partial charge in [-0.3, -0.25) is 33.3 Å². The molecule has 0 aromatic carbocycles. The fourth-order valence-corrected chi connectivity index (χ4v) is 10.0. The predicted molar refractivity (Wildman–Crippen MR) is 279 cm³/mol. The summed E-state index contributed by atoms with van der Waals surface area (Å²) in [6.07, 6.45) is -20.5. The van der Waals surface area contributed by atoms with Crippen molar-refractivity contribution in [1.82, 2.24) is 65.8 Å². The molecule has 18 N–H and O–H groups in total. The van der Waals surface area contributed by atoms with Crippen molar-refractivity contribution in [3.05, 3.63) is 35.7 Å². The van der Waals surface area contributed by atoms with E-state index >= 15 is 0 Å². The second kappa shape index (κ2) is 30.8. The van der Waals surface area contributed by atoms with Gasteiger partial charge in [0, 0.05) is 59.7 Å². The van der Waals surface area contributed by atoms with Crippen molar-refractivity contribution in [3.63, 3.8) is 0 Å². The fraction of sp³-hybridized carbons (Fsp3) is 0.750. The average molecular weight is 1270 g/mol. The van der Waals surface area contributed by atoms with E-state index < -0.39 is 203 Å². The van der Waals surface area contributed by atoms with Crippen LogP contribution in [0, 0.1) is 0 Å². The Morgan fingerprint density at radius 2 is 0.761 bits per heavy atom. The molecule has 3 amide bonds. The maximum atomic E-state index is 12.7. The van der Waals surface area contributed by atoms with Crippen molar-refractivity contribution in [1.29, 1.82) is 0 Å². The monoisotopic (exact) mass is 1270 g/mol. The maximum Gasteiger partial charge on any atom is 0.364 e. The highest BCUT2D eigenvalue weighted by Crippen LogP contribution is 2.37. The first kappa shape index (κ1) is 70.6. The molecule has 0 bridgehead atoms. The van der Waals surface area contributed by atoms with Gasteiger partial charge in [-0.05, 0) is 0 Å². The van der Waals surface area contributed by atoms with Gasteiger partial charge in [-0.2, -0.15) is 0 Å². The summed E-state index contributed by atoms with van der Waals surface area (Å²) >= 11 is 0. The van der Waals surface area contributed by atoms with Gasteiger partial charge in [-0.25, -0.2) is 14.4 Å². The molecule has 6 rings (SSSR count). The molecule has 6 heterocycles. The van der Waals surface area contributed by atoms with Crippen LogP contribution in [0.3, 0.4) is 0 Å². The molecule has 494 valence electrons. The van der Waals surface area contributed by atoms with Crippen LogP contribution in [0.4, 0.5) is 0 Å². The molecular formula is C48H75N13O27. The Balaban J connectivity index is 1.17. The van der Waals surface area contributed by atoms with E-state index in [1.165, 1.54) is 32.6 Å². The van der Waals surface area contributed by atoms with E-state index in [1.807, 2.05) is 4.90 Å². The van der Waals surface area contributed by atoms with Crippen LogP contribution in [0.15, 0.2) is 18.6 Å². The van der Waals surface area contributed by atoms with Crippen molar-refractivity contribution in [3.8, 4) is 0 Å². The number of aliphatic carboxylic acids is 3. The first-order valence-electron chi connectivity index (χ1n) is 27.3. The standard InChI is InChI=1S/C48H75N13O27/c1-22(65)49-34-28(68)10-46(43(77)78,86-40(34)37(74)31(71)16-62)83-19-25-13-59(55-52-25)7-4-58(5-8-60-14-26(53-56-60)20-84-47(44(79)80)11-29(69)35(50-23(2)66)41(87-47)38(75)32(72)17-63)6-9-61-15-27(54-57-61)21-85-48(45(81)82)12-30(70)36(51-24(3)67)42(88-48)39(76)33(73)18-64/h13-15,28-42,62-64,68-76H,4-12,16-21H2,1-3H3,(H,49,65)(H,50,66)(H,51,67)(H,77,78)(H,79,80)(H,81,82)/t28-,29-,30-,31+,32+,33+,34+,35+,36+,37+,38+,39+,40+,41+,42+,46+,47+,48+/m0/s1. The Hall–Kier alpha value is -6.52. The van der Waals surface area contributed by atoms with Gasteiger partial charge in [0.2, 0.25) is 17.7 Å². The second-order valence-electron chi connectivity index (χ2n) is 21.3. The topological polar surface area (TPSA) is 593 Å². The molecule has 0 aliphatic carbocycles. The van der Waals surface area contributed by atoms with Crippen LogP contribution in [0.5, 0.6) is 0 Å². The molecule has 0 unspecified atom stereocenters. The number of carbonyl (C=O) groups excluding carboxylic acids is 3. The van der Waals surface area contributed by atoms with E-state index in [0.29, 0.717) is 0 Å². The van der Waals surface area contributed by atoms with Crippen molar-refractivity contribution >= 4 is 35.6 Å². The minimum atomic E-state index is -2.68. The number of hydrogen-bond donors (Lipinski definition) is 18. The molecular weight excluding hydrogens is 1190 g/mol. The third-order valence-electron chi connectivity index (χ3n) is 14.6. The van der Waals surface area contributed by atoms with E-state index in [0.717, 1.165) is 20.8 Å². The number of amides is 3. The first-order valence-corrected chi connectivity index (χ1v) is 27.3. The van der Waals surface area contributed by atoms with Gasteiger partial charge >= 0.3 is 17.9 Å². The molecule has 3 fully saturated rings. The van der Waals surface area contributed by atoms with Gasteiger partial charge in [0.25, 0.3) is 17.4 Å². The number of nitrogens with zero attached hydrogens (tertiary/aromatic N) is 10. The normalized spacial score (nSPS) is 29.5. The number of nitrogens with one attached hydrogen (secondary N) is 3. The van der Waals surface area contributed by atoms with E-state index in [9.17, 15) is 105 Å². The highest BCUT2D eigenvalue weighted by molar-refractivity contribution is 5.78. The Bertz CT molecular complexity index is 2520. The summed E-state index contributed by atoms with van der Waals surface area (Å²) in [6.45, 7) is -0.927. The lowest BCUT2D eigenvalue weighted by Gasteiger charge is -2.46. The Labute approximate surface area is 497 Å². The molecule has 3 aromatic rings. The molecule has 3 aliphatic heterocycles. The molecule has 0 saturated carbocycles. The number of carboxylic acid groups (broad SMARTS) is 3. The van der Waals surface area contributed by atoms with Gasteiger partial charge in [0.05, 0.1) is 114 Å². The number of aliphatic hydroxyl groups excluding tert-OH is 12. The minimum absolute atomic E-state index is 0.0380. The average Bonchev–Trinajstić information content (AvgIpc) is 1.89. The number of rotatable bonds is 33. The van der Waals surface area contributed by atoms with Crippen molar-refractivity contribution in [2.45, 2.75) is 188 Å². The molecule has 88 heavy (non-hydrogen) atoms. The fourth-order valence-electron chi connectivity index (χ4n) is 10.0. The second-order valence-corrected chi connectivity index (χ2v) is 21.3. The number of carbonyl (C=O) groups is 6. The van der Waals surface area contributed by atoms with Crippen molar-refractivity contribution in [2.75, 3.05) is 39.5 Å². The van der Waals surface area contributed by atoms with Gasteiger partial charge in [0.1, 0.15) is 72.0 Å². The zero-order valence-electron chi connectivity index (χ0n) is 47.6. The summed E-state index contributed by atoms with van der Waals surface area (Å²) < 4.78 is 38.1. The summed E-state index contributed by atoms with van der Waals surface area (Å²) in [6, 6.07) is -4.34. The van der Waals surface area contributed by atoms with Gasteiger partial charge < -0.3 is 121 Å². The summed E-state index contributed by atoms with van der Waals surface area (Å²) in [5, 5.41) is 187. The number of carboxylic acids is 3. The molecule has 40 nitrogen and oxygen atoms in total. The van der Waals surface area contributed by atoms with E-state index in [1.54, 1.807) is 0 Å². The SMILES string of the molecule is CC(=O)N[C@H]1[C@H]([C@H](O)[C@H](O)CO)O[C@@](OCc2cn(CCN(CCn3cc(CO[C@]4(C(=O)O)C[C@H](O)[C@@H](NC(C)=O)[C@H]([C@H](O)[C@H](O)CO)O4)nn3)CCn3cc(CO[C@]4(C(=O)O)C[C@H](O)[C@@H](NC(C)=O)[C@H]([C@H](O)[C@H](O)CO)O4)nn3)nn2)(C(=O)O)C[C@@H]1O. The van der Waals surface area contributed by atoms with E-state index in [2.05, 4.69) is 46.9 Å². The summed E-state index contributed by atoms with van der Waals surface area (Å²) in [5.74, 6) is -15.4. The lowest BCUT2D eigenvalue weighted by atomic mass is 9.88. The number of ether oxygens (including phenoxy) is 6. The third kappa shape index (κ3) is 17.5. The summed E-state index contributed by atoms with van der Waals surface area (Å²) in [4.78, 5) is 75.9. The van der Waals surface area contributed by atoms with Gasteiger partial charge in [0.15, 0.2) is 0 Å². The van der Waals surface area contributed by atoms with Crippen LogP contribution in [0.2, 0.25) is 0 Å². The van der Waals surface area contributed by atoms with Crippen molar-refractivity contribution in [2.24, 2.45) is 0 Å². The first-order chi connectivity index (χ1) is 41.5. The van der Waals surface area contributed by atoms with Crippen molar-refractivity contribution < 1.29 is 134 Å². The molecule has 3 aromatic heterocycles. The van der Waals surface area contributed by atoms with E-state index in [4.69, 9.17) is 28.4 Å². The molecule has 3 saturated heterocycles. The van der Waals surface area contributed by atoms with Gasteiger partial charge in [-0.15, -0.1) is 15.3 Å². The zero-order chi connectivity index (χ0) is 65.0. The Kier molecular flexibility index (Phi) is 24.7. The van der Waals surface area contributed by atoms with Crippen LogP contribution in [-0.2, 0) is 96.6 Å².